The quantitative estimate of drug-likeness (QED) is 0.684. The largest absolute Gasteiger partial charge is 0.491 e. The molecular formula is C16H23NO4. The van der Waals surface area contributed by atoms with Crippen molar-refractivity contribution in [1.82, 2.24) is 5.32 Å². The number of carboxylic acids is 1. The van der Waals surface area contributed by atoms with Gasteiger partial charge in [-0.25, -0.2) is 0 Å². The Kier molecular flexibility index (Phi) is 5.20. The van der Waals surface area contributed by atoms with E-state index in [1.54, 1.807) is 24.3 Å². The Hall–Kier alpha value is -1.59. The summed E-state index contributed by atoms with van der Waals surface area (Å²) in [6.45, 7) is 3.90. The van der Waals surface area contributed by atoms with Gasteiger partial charge in [0.1, 0.15) is 5.75 Å². The lowest BCUT2D eigenvalue weighted by atomic mass is 9.99. The Morgan fingerprint density at radius 3 is 2.43 bits per heavy atom. The van der Waals surface area contributed by atoms with Gasteiger partial charge in [0.05, 0.1) is 18.6 Å². The molecule has 116 valence electrons. The number of aliphatic carboxylic acids is 1. The van der Waals surface area contributed by atoms with E-state index < -0.39 is 18.1 Å². The molecule has 0 aromatic heterocycles. The minimum Gasteiger partial charge on any atom is -0.491 e. The minimum absolute atomic E-state index is 0.0945. The lowest BCUT2D eigenvalue weighted by Gasteiger charge is -2.23. The first-order chi connectivity index (χ1) is 9.95. The van der Waals surface area contributed by atoms with Crippen molar-refractivity contribution in [3.8, 4) is 5.75 Å². The van der Waals surface area contributed by atoms with Crippen molar-refractivity contribution in [2.24, 2.45) is 0 Å². The number of aliphatic hydroxyl groups excluding tert-OH is 1. The van der Waals surface area contributed by atoms with Gasteiger partial charge in [0.25, 0.3) is 0 Å². The highest BCUT2D eigenvalue weighted by molar-refractivity contribution is 5.67. The van der Waals surface area contributed by atoms with Crippen LogP contribution in [0.1, 0.15) is 44.8 Å². The van der Waals surface area contributed by atoms with Crippen LogP contribution >= 0.6 is 0 Å². The van der Waals surface area contributed by atoms with Crippen LogP contribution in [0.25, 0.3) is 0 Å². The Balaban J connectivity index is 2.03. The Morgan fingerprint density at radius 1 is 1.33 bits per heavy atom. The summed E-state index contributed by atoms with van der Waals surface area (Å²) in [6.07, 6.45) is 1.25. The summed E-state index contributed by atoms with van der Waals surface area (Å²) in [4.78, 5) is 11.0. The molecule has 0 bridgehead atoms. The lowest BCUT2D eigenvalue weighted by Crippen LogP contribution is -2.38. The molecule has 1 aromatic carbocycles. The topological polar surface area (TPSA) is 78.8 Å². The van der Waals surface area contributed by atoms with E-state index in [2.05, 4.69) is 5.32 Å². The minimum atomic E-state index is -0.910. The van der Waals surface area contributed by atoms with Crippen LogP contribution in [0.15, 0.2) is 24.3 Å². The van der Waals surface area contributed by atoms with Crippen molar-refractivity contribution in [2.75, 3.05) is 0 Å². The maximum Gasteiger partial charge on any atom is 0.305 e. The van der Waals surface area contributed by atoms with E-state index in [4.69, 9.17) is 9.84 Å². The highest BCUT2D eigenvalue weighted by Crippen LogP contribution is 2.26. The van der Waals surface area contributed by atoms with Crippen LogP contribution in [-0.2, 0) is 4.79 Å². The predicted molar refractivity (Wildman–Crippen MR) is 79.4 cm³/mol. The number of hydrogen-bond donors (Lipinski definition) is 3. The fourth-order valence-electron chi connectivity index (χ4n) is 2.25. The number of benzene rings is 1. The summed E-state index contributed by atoms with van der Waals surface area (Å²) >= 11 is 0. The van der Waals surface area contributed by atoms with E-state index >= 15 is 0 Å². The average molecular weight is 293 g/mol. The summed E-state index contributed by atoms with van der Waals surface area (Å²) in [5, 5.41) is 22.6. The van der Waals surface area contributed by atoms with Gasteiger partial charge in [0.2, 0.25) is 0 Å². The monoisotopic (exact) mass is 293 g/mol. The maximum atomic E-state index is 11.0. The first kappa shape index (κ1) is 15.8. The van der Waals surface area contributed by atoms with E-state index in [1.807, 2.05) is 13.8 Å². The average Bonchev–Trinajstić information content (AvgIpc) is 3.21. The van der Waals surface area contributed by atoms with Gasteiger partial charge in [-0.15, -0.1) is 0 Å². The molecule has 5 heteroatoms. The smallest absolute Gasteiger partial charge is 0.305 e. The molecule has 3 N–H and O–H groups in total. The van der Waals surface area contributed by atoms with E-state index in [-0.39, 0.29) is 12.5 Å². The molecule has 0 amide bonds. The van der Waals surface area contributed by atoms with Crippen LogP contribution in [-0.4, -0.2) is 34.4 Å². The second kappa shape index (κ2) is 6.91. The Bertz CT molecular complexity index is 468. The fourth-order valence-corrected chi connectivity index (χ4v) is 2.25. The van der Waals surface area contributed by atoms with Gasteiger partial charge in [-0.1, -0.05) is 12.1 Å². The molecular weight excluding hydrogens is 270 g/mol. The molecule has 21 heavy (non-hydrogen) atoms. The zero-order chi connectivity index (χ0) is 15.4. The second-order valence-corrected chi connectivity index (χ2v) is 5.83. The maximum absolute atomic E-state index is 11.0. The molecule has 1 aliphatic carbocycles. The van der Waals surface area contributed by atoms with Crippen molar-refractivity contribution in [2.45, 2.75) is 57.4 Å². The molecule has 1 aromatic rings. The Labute approximate surface area is 124 Å². The van der Waals surface area contributed by atoms with Crippen molar-refractivity contribution < 1.29 is 19.7 Å². The van der Waals surface area contributed by atoms with Crippen LogP contribution in [0, 0.1) is 0 Å². The van der Waals surface area contributed by atoms with Gasteiger partial charge < -0.3 is 20.3 Å². The van der Waals surface area contributed by atoms with Crippen LogP contribution < -0.4 is 10.1 Å². The zero-order valence-electron chi connectivity index (χ0n) is 12.5. The number of aliphatic hydroxyl groups is 1. The second-order valence-electron chi connectivity index (χ2n) is 5.83. The summed E-state index contributed by atoms with van der Waals surface area (Å²) in [5.74, 6) is -0.169. The molecule has 1 aliphatic rings. The number of nitrogens with one attached hydrogen (secondary N) is 1. The van der Waals surface area contributed by atoms with Gasteiger partial charge in [-0.3, -0.25) is 4.79 Å². The summed E-state index contributed by atoms with van der Waals surface area (Å²) in [6, 6.07) is 7.04. The Morgan fingerprint density at radius 2 is 1.95 bits per heavy atom. The van der Waals surface area contributed by atoms with Crippen LogP contribution in [0.3, 0.4) is 0 Å². The van der Waals surface area contributed by atoms with Crippen molar-refractivity contribution in [1.29, 1.82) is 0 Å². The SMILES string of the molecule is CC(C)Oc1ccc(C(O)C(CC(=O)O)NC2CC2)cc1. The molecule has 2 atom stereocenters. The van der Waals surface area contributed by atoms with Gasteiger partial charge in [0.15, 0.2) is 0 Å². The molecule has 0 aliphatic heterocycles. The third-order valence-electron chi connectivity index (χ3n) is 3.40. The highest BCUT2D eigenvalue weighted by Gasteiger charge is 2.30. The highest BCUT2D eigenvalue weighted by atomic mass is 16.5. The summed E-state index contributed by atoms with van der Waals surface area (Å²) in [7, 11) is 0. The molecule has 2 rings (SSSR count). The number of hydrogen-bond acceptors (Lipinski definition) is 4. The molecule has 0 saturated heterocycles. The summed E-state index contributed by atoms with van der Waals surface area (Å²) in [5.41, 5.74) is 0.700. The van der Waals surface area contributed by atoms with E-state index in [0.29, 0.717) is 11.6 Å². The van der Waals surface area contributed by atoms with Gasteiger partial charge in [-0.05, 0) is 44.4 Å². The predicted octanol–water partition coefficient (Wildman–Crippen LogP) is 2.10. The van der Waals surface area contributed by atoms with Crippen LogP contribution in [0.2, 0.25) is 0 Å². The summed E-state index contributed by atoms with van der Waals surface area (Å²) < 4.78 is 5.56. The van der Waals surface area contributed by atoms with Crippen molar-refractivity contribution in [3.63, 3.8) is 0 Å². The third-order valence-corrected chi connectivity index (χ3v) is 3.40. The van der Waals surface area contributed by atoms with E-state index in [9.17, 15) is 9.90 Å². The van der Waals surface area contributed by atoms with E-state index in [0.717, 1.165) is 18.6 Å². The van der Waals surface area contributed by atoms with Crippen molar-refractivity contribution in [3.05, 3.63) is 29.8 Å². The van der Waals surface area contributed by atoms with Gasteiger partial charge in [0, 0.05) is 12.1 Å². The van der Waals surface area contributed by atoms with Gasteiger partial charge >= 0.3 is 5.97 Å². The number of carbonyl (C=O) groups is 1. The number of ether oxygens (including phenoxy) is 1. The van der Waals surface area contributed by atoms with Gasteiger partial charge in [-0.2, -0.15) is 0 Å². The fraction of sp³-hybridized carbons (Fsp3) is 0.562. The first-order valence-electron chi connectivity index (χ1n) is 7.38. The molecule has 0 radical (unpaired) electrons. The lowest BCUT2D eigenvalue weighted by molar-refractivity contribution is -0.138. The normalized spacial score (nSPS) is 17.5. The number of rotatable bonds is 8. The van der Waals surface area contributed by atoms with Crippen LogP contribution in [0.4, 0.5) is 0 Å². The molecule has 0 heterocycles. The third kappa shape index (κ3) is 5.02. The number of carboxylic acid groups (broad SMARTS) is 1. The molecule has 1 saturated carbocycles. The molecule has 2 unspecified atom stereocenters. The molecule has 1 fully saturated rings. The molecule has 5 nitrogen and oxygen atoms in total. The standard InChI is InChI=1S/C16H23NO4/c1-10(2)21-13-7-3-11(4-8-13)16(20)14(9-15(18)19)17-12-5-6-12/h3-4,7-8,10,12,14,16-17,20H,5-6,9H2,1-2H3,(H,18,19). The zero-order valence-corrected chi connectivity index (χ0v) is 12.5. The van der Waals surface area contributed by atoms with E-state index in [1.165, 1.54) is 0 Å². The first-order valence-corrected chi connectivity index (χ1v) is 7.38. The van der Waals surface area contributed by atoms with Crippen molar-refractivity contribution >= 4 is 5.97 Å². The molecule has 0 spiro atoms. The van der Waals surface area contributed by atoms with Crippen LogP contribution in [0.5, 0.6) is 5.75 Å².